The number of rotatable bonds is 2. The molecule has 2 rings (SSSR count). The number of hydrogen-bond donors (Lipinski definition) is 2. The molecule has 8 heteroatoms. The van der Waals surface area contributed by atoms with Crippen molar-refractivity contribution in [3.05, 3.63) is 58.9 Å². The molecule has 3 nitrogen and oxygen atoms in total. The zero-order chi connectivity index (χ0) is 15.7. The predicted molar refractivity (Wildman–Crippen MR) is 65.0 cm³/mol. The highest BCUT2D eigenvalue weighted by molar-refractivity contribution is 6.04. The minimum absolute atomic E-state index is 0.0453. The molecule has 1 amide bonds. The maximum absolute atomic E-state index is 13.4. The van der Waals surface area contributed by atoms with Gasteiger partial charge in [0.05, 0.1) is 0 Å². The van der Waals surface area contributed by atoms with Gasteiger partial charge >= 0.3 is 0 Å². The van der Waals surface area contributed by atoms with Crippen LogP contribution in [0.3, 0.4) is 0 Å². The Morgan fingerprint density at radius 3 is 1.95 bits per heavy atom. The number of nitrogen functional groups attached to an aromatic ring is 1. The Labute approximate surface area is 115 Å². The van der Waals surface area contributed by atoms with Gasteiger partial charge in [0, 0.05) is 11.4 Å². The van der Waals surface area contributed by atoms with E-state index in [0.717, 1.165) is 0 Å². The first-order valence-corrected chi connectivity index (χ1v) is 5.51. The minimum Gasteiger partial charge on any atom is -0.399 e. The summed E-state index contributed by atoms with van der Waals surface area (Å²) < 4.78 is 65.7. The van der Waals surface area contributed by atoms with Crippen LogP contribution in [-0.4, -0.2) is 5.91 Å². The molecule has 0 unspecified atom stereocenters. The maximum atomic E-state index is 13.4. The van der Waals surface area contributed by atoms with Crippen LogP contribution in [0, 0.1) is 29.1 Å². The Balaban J connectivity index is 2.45. The van der Waals surface area contributed by atoms with Crippen molar-refractivity contribution >= 4 is 17.3 Å². The third-order valence-corrected chi connectivity index (χ3v) is 2.58. The lowest BCUT2D eigenvalue weighted by atomic mass is 10.1. The van der Waals surface area contributed by atoms with Crippen LogP contribution < -0.4 is 11.1 Å². The molecule has 0 heterocycles. The quantitative estimate of drug-likeness (QED) is 0.387. The first kappa shape index (κ1) is 14.8. The van der Waals surface area contributed by atoms with E-state index in [4.69, 9.17) is 5.73 Å². The van der Waals surface area contributed by atoms with Gasteiger partial charge in [-0.3, -0.25) is 4.79 Å². The molecule has 2 aromatic carbocycles. The molecule has 0 radical (unpaired) electrons. The van der Waals surface area contributed by atoms with Gasteiger partial charge in [-0.05, 0) is 18.2 Å². The third kappa shape index (κ3) is 2.64. The number of benzene rings is 2. The van der Waals surface area contributed by atoms with Gasteiger partial charge < -0.3 is 11.1 Å². The highest BCUT2D eigenvalue weighted by atomic mass is 19.2. The van der Waals surface area contributed by atoms with Crippen LogP contribution in [0.15, 0.2) is 24.3 Å². The third-order valence-electron chi connectivity index (χ3n) is 2.58. The lowest BCUT2D eigenvalue weighted by Crippen LogP contribution is -2.19. The largest absolute Gasteiger partial charge is 0.399 e. The summed E-state index contributed by atoms with van der Waals surface area (Å²) in [5.74, 6) is -12.6. The van der Waals surface area contributed by atoms with Gasteiger partial charge in [0.2, 0.25) is 5.82 Å². The second-order valence-corrected chi connectivity index (χ2v) is 4.02. The minimum atomic E-state index is -2.33. The lowest BCUT2D eigenvalue weighted by Gasteiger charge is -2.09. The molecule has 3 N–H and O–H groups in total. The fourth-order valence-corrected chi connectivity index (χ4v) is 1.61. The molecule has 0 fully saturated rings. The number of anilines is 2. The number of halogens is 5. The number of nitrogens with two attached hydrogens (primary N) is 1. The van der Waals surface area contributed by atoms with E-state index in [1.54, 1.807) is 0 Å². The van der Waals surface area contributed by atoms with Crippen molar-refractivity contribution in [2.45, 2.75) is 0 Å². The summed E-state index contributed by atoms with van der Waals surface area (Å²) in [7, 11) is 0. The van der Waals surface area contributed by atoms with Crippen LogP contribution in [0.2, 0.25) is 0 Å². The highest BCUT2D eigenvalue weighted by Crippen LogP contribution is 2.24. The van der Waals surface area contributed by atoms with Gasteiger partial charge in [0.25, 0.3) is 5.91 Å². The average molecular weight is 302 g/mol. The molecule has 0 aliphatic carbocycles. The van der Waals surface area contributed by atoms with E-state index >= 15 is 0 Å². The number of amides is 1. The van der Waals surface area contributed by atoms with E-state index in [2.05, 4.69) is 0 Å². The van der Waals surface area contributed by atoms with Crippen LogP contribution in [0.4, 0.5) is 33.3 Å². The summed E-state index contributed by atoms with van der Waals surface area (Å²) in [5, 5.41) is 2.00. The molecular formula is C13H7F5N2O. The first-order valence-electron chi connectivity index (χ1n) is 5.51. The molecule has 21 heavy (non-hydrogen) atoms. The summed E-state index contributed by atoms with van der Waals surface area (Å²) in [5.41, 5.74) is 4.16. The summed E-state index contributed by atoms with van der Waals surface area (Å²) in [6.07, 6.45) is 0. The molecule has 0 bridgehead atoms. The Bertz CT molecular complexity index is 704. The van der Waals surface area contributed by atoms with Gasteiger partial charge in [0.1, 0.15) is 5.56 Å². The Hall–Kier alpha value is -2.64. The molecule has 0 aliphatic heterocycles. The Kier molecular flexibility index (Phi) is 3.79. The zero-order valence-corrected chi connectivity index (χ0v) is 10.2. The SMILES string of the molecule is Nc1cccc(NC(=O)c2c(F)c(F)c(F)c(F)c2F)c1. The van der Waals surface area contributed by atoms with Gasteiger partial charge in [-0.1, -0.05) is 6.07 Å². The normalized spacial score (nSPS) is 10.5. The second-order valence-electron chi connectivity index (χ2n) is 4.02. The summed E-state index contributed by atoms with van der Waals surface area (Å²) in [6, 6.07) is 5.50. The van der Waals surface area contributed by atoms with Crippen LogP contribution >= 0.6 is 0 Å². The van der Waals surface area contributed by atoms with Gasteiger partial charge in [-0.25, -0.2) is 22.0 Å². The summed E-state index contributed by atoms with van der Waals surface area (Å²) in [4.78, 5) is 11.7. The van der Waals surface area contributed by atoms with Crippen LogP contribution in [0.5, 0.6) is 0 Å². The summed E-state index contributed by atoms with van der Waals surface area (Å²) >= 11 is 0. The number of nitrogens with one attached hydrogen (secondary N) is 1. The van der Waals surface area contributed by atoms with Crippen molar-refractivity contribution in [3.63, 3.8) is 0 Å². The van der Waals surface area contributed by atoms with Gasteiger partial charge in [-0.2, -0.15) is 0 Å². The standard InChI is InChI=1S/C13H7F5N2O/c14-8-7(9(15)11(17)12(18)10(8)16)13(21)20-6-3-1-2-5(19)4-6/h1-4H,19H2,(H,20,21). The van der Waals surface area contributed by atoms with E-state index in [0.29, 0.717) is 0 Å². The molecule has 0 atom stereocenters. The topological polar surface area (TPSA) is 55.1 Å². The summed E-state index contributed by atoms with van der Waals surface area (Å²) in [6.45, 7) is 0. The molecule has 0 aromatic heterocycles. The molecule has 110 valence electrons. The average Bonchev–Trinajstić information content (AvgIpc) is 2.43. The van der Waals surface area contributed by atoms with Crippen molar-refractivity contribution in [2.75, 3.05) is 11.1 Å². The fourth-order valence-electron chi connectivity index (χ4n) is 1.61. The van der Waals surface area contributed by atoms with Crippen LogP contribution in [-0.2, 0) is 0 Å². The number of carbonyl (C=O) groups excluding carboxylic acids is 1. The van der Waals surface area contributed by atoms with Crippen molar-refractivity contribution in [2.24, 2.45) is 0 Å². The second kappa shape index (κ2) is 5.39. The van der Waals surface area contributed by atoms with Crippen LogP contribution in [0.25, 0.3) is 0 Å². The molecule has 0 saturated carbocycles. The zero-order valence-electron chi connectivity index (χ0n) is 10.2. The molecule has 0 spiro atoms. The Morgan fingerprint density at radius 1 is 0.905 bits per heavy atom. The molecule has 0 saturated heterocycles. The van der Waals surface area contributed by atoms with Gasteiger partial charge in [0.15, 0.2) is 23.3 Å². The Morgan fingerprint density at radius 2 is 1.43 bits per heavy atom. The van der Waals surface area contributed by atoms with E-state index in [1.807, 2.05) is 5.32 Å². The first-order chi connectivity index (χ1) is 9.82. The smallest absolute Gasteiger partial charge is 0.261 e. The molecular weight excluding hydrogens is 295 g/mol. The van der Waals surface area contributed by atoms with E-state index < -0.39 is 40.6 Å². The van der Waals surface area contributed by atoms with E-state index in [1.165, 1.54) is 24.3 Å². The lowest BCUT2D eigenvalue weighted by molar-refractivity contribution is 0.101. The van der Waals surface area contributed by atoms with E-state index in [-0.39, 0.29) is 11.4 Å². The number of carbonyl (C=O) groups is 1. The van der Waals surface area contributed by atoms with Crippen LogP contribution in [0.1, 0.15) is 10.4 Å². The van der Waals surface area contributed by atoms with Crippen molar-refractivity contribution < 1.29 is 26.7 Å². The monoisotopic (exact) mass is 302 g/mol. The maximum Gasteiger partial charge on any atom is 0.261 e. The van der Waals surface area contributed by atoms with Crippen molar-refractivity contribution in [3.8, 4) is 0 Å². The fraction of sp³-hybridized carbons (Fsp3) is 0. The van der Waals surface area contributed by atoms with Crippen molar-refractivity contribution in [1.29, 1.82) is 0 Å². The number of hydrogen-bond acceptors (Lipinski definition) is 2. The molecule has 2 aromatic rings. The highest BCUT2D eigenvalue weighted by Gasteiger charge is 2.29. The van der Waals surface area contributed by atoms with Crippen molar-refractivity contribution in [1.82, 2.24) is 0 Å². The predicted octanol–water partition coefficient (Wildman–Crippen LogP) is 3.22. The van der Waals surface area contributed by atoms with E-state index in [9.17, 15) is 26.7 Å². The van der Waals surface area contributed by atoms with Gasteiger partial charge in [-0.15, -0.1) is 0 Å². The molecule has 0 aliphatic rings.